The molecule has 2 aromatic heterocycles. The number of anilines is 1. The summed E-state index contributed by atoms with van der Waals surface area (Å²) in [4.78, 5) is 43.3. The molecule has 2 aromatic carbocycles. The van der Waals surface area contributed by atoms with Crippen molar-refractivity contribution in [2.24, 2.45) is 11.7 Å². The number of fused-ring (bicyclic) bond motifs is 3. The monoisotopic (exact) mass is 537 g/mol. The molecule has 0 radical (unpaired) electrons. The van der Waals surface area contributed by atoms with Crippen LogP contribution in [-0.2, 0) is 33.6 Å². The van der Waals surface area contributed by atoms with Crippen molar-refractivity contribution >= 4 is 39.7 Å². The third-order valence-corrected chi connectivity index (χ3v) is 7.73. The Bertz CT molecular complexity index is 1530. The number of benzene rings is 2. The highest BCUT2D eigenvalue weighted by Crippen LogP contribution is 2.34. The van der Waals surface area contributed by atoms with Crippen LogP contribution in [0.4, 0.5) is 14.5 Å². The Hall–Kier alpha value is -4.12. The molecular formula is C27H25F2N5O3S. The zero-order chi connectivity index (χ0) is 27.0. The zero-order valence-electron chi connectivity index (χ0n) is 20.5. The van der Waals surface area contributed by atoms with E-state index in [1.807, 2.05) is 22.7 Å². The lowest BCUT2D eigenvalue weighted by Gasteiger charge is -2.18. The summed E-state index contributed by atoms with van der Waals surface area (Å²) in [6, 6.07) is 9.16. The number of carbonyl (C=O) groups excluding carboxylic acids is 3. The summed E-state index contributed by atoms with van der Waals surface area (Å²) >= 11 is 1.62. The van der Waals surface area contributed by atoms with Crippen molar-refractivity contribution in [3.63, 3.8) is 0 Å². The van der Waals surface area contributed by atoms with Gasteiger partial charge in [0.05, 0.1) is 12.1 Å². The Morgan fingerprint density at radius 3 is 2.55 bits per heavy atom. The van der Waals surface area contributed by atoms with E-state index in [9.17, 15) is 23.2 Å². The highest BCUT2D eigenvalue weighted by Gasteiger charge is 2.27. The number of halogens is 2. The van der Waals surface area contributed by atoms with E-state index in [-0.39, 0.29) is 23.8 Å². The topological polar surface area (TPSA) is 119 Å². The van der Waals surface area contributed by atoms with Crippen molar-refractivity contribution in [2.45, 2.75) is 38.6 Å². The molecule has 2 atom stereocenters. The van der Waals surface area contributed by atoms with Crippen molar-refractivity contribution in [1.82, 2.24) is 14.7 Å². The predicted octanol–water partition coefficient (Wildman–Crippen LogP) is 3.62. The Labute approximate surface area is 220 Å². The van der Waals surface area contributed by atoms with Crippen molar-refractivity contribution in [3.8, 4) is 11.3 Å². The average Bonchev–Trinajstić information content (AvgIpc) is 3.41. The first-order chi connectivity index (χ1) is 18.2. The minimum atomic E-state index is -0.865. The maximum absolute atomic E-state index is 13.3. The fraction of sp³-hybridized carbons (Fsp3) is 0.259. The first-order valence-electron chi connectivity index (χ1n) is 12.1. The molecule has 0 saturated carbocycles. The second kappa shape index (κ2) is 10.3. The third-order valence-electron chi connectivity index (χ3n) is 6.57. The van der Waals surface area contributed by atoms with Crippen LogP contribution in [0.5, 0.6) is 0 Å². The predicted molar refractivity (Wildman–Crippen MR) is 140 cm³/mol. The molecule has 0 aliphatic heterocycles. The number of nitrogens with zero attached hydrogens (tertiary/aromatic N) is 2. The maximum Gasteiger partial charge on any atom is 0.246 e. The molecule has 5 rings (SSSR count). The van der Waals surface area contributed by atoms with E-state index in [0.717, 1.165) is 53.0 Å². The van der Waals surface area contributed by atoms with Gasteiger partial charge in [-0.2, -0.15) is 0 Å². The van der Waals surface area contributed by atoms with E-state index < -0.39 is 29.5 Å². The Morgan fingerprint density at radius 2 is 1.87 bits per heavy atom. The quantitative estimate of drug-likeness (QED) is 0.334. The van der Waals surface area contributed by atoms with Crippen LogP contribution >= 0.6 is 11.3 Å². The fourth-order valence-electron chi connectivity index (χ4n) is 4.59. The van der Waals surface area contributed by atoms with E-state index >= 15 is 0 Å². The van der Waals surface area contributed by atoms with Crippen molar-refractivity contribution in [2.75, 3.05) is 5.32 Å². The summed E-state index contributed by atoms with van der Waals surface area (Å²) in [6.07, 6.45) is 3.89. The number of imidazole rings is 1. The number of nitrogens with one attached hydrogen (secondary N) is 2. The Morgan fingerprint density at radius 1 is 1.16 bits per heavy atom. The van der Waals surface area contributed by atoms with Gasteiger partial charge in [-0.05, 0) is 49.6 Å². The van der Waals surface area contributed by atoms with Gasteiger partial charge in [0, 0.05) is 46.4 Å². The molecule has 0 bridgehead atoms. The van der Waals surface area contributed by atoms with Gasteiger partial charge < -0.3 is 16.4 Å². The van der Waals surface area contributed by atoms with Gasteiger partial charge in [0.15, 0.2) is 4.96 Å². The number of carbonyl (C=O) groups is 3. The molecule has 0 saturated heterocycles. The van der Waals surface area contributed by atoms with Gasteiger partial charge in [-0.1, -0.05) is 12.1 Å². The van der Waals surface area contributed by atoms with Crippen molar-refractivity contribution in [3.05, 3.63) is 76.4 Å². The second-order valence-electron chi connectivity index (χ2n) is 9.40. The highest BCUT2D eigenvalue weighted by molar-refractivity contribution is 7.17. The third kappa shape index (κ3) is 5.42. The molecule has 8 nitrogen and oxygen atoms in total. The molecular weight excluding hydrogens is 512 g/mol. The standard InChI is InChI=1S/C27H25F2N5O3S/c1-14(31-24(35)10-15-8-18(28)12-19(29)9-15)26(37)32-20-5-2-16(3-6-20)21-13-34-22-11-17(25(30)36)4-7-23(22)38-27(34)33-21/h2-3,5-6,8-9,12-14,17H,4,7,10-11H2,1H3,(H2,30,36)(H,31,35)(H,32,37)/t14-,17?/m0/s1. The lowest BCUT2D eigenvalue weighted by atomic mass is 9.90. The van der Waals surface area contributed by atoms with Gasteiger partial charge in [-0.3, -0.25) is 18.8 Å². The van der Waals surface area contributed by atoms with Crippen LogP contribution < -0.4 is 16.4 Å². The van der Waals surface area contributed by atoms with E-state index in [0.29, 0.717) is 12.1 Å². The van der Waals surface area contributed by atoms with Crippen molar-refractivity contribution in [1.29, 1.82) is 0 Å². The summed E-state index contributed by atoms with van der Waals surface area (Å²) in [5.74, 6) is -2.94. The van der Waals surface area contributed by atoms with E-state index in [1.54, 1.807) is 23.5 Å². The largest absolute Gasteiger partial charge is 0.369 e. The van der Waals surface area contributed by atoms with Crippen LogP contribution in [0.2, 0.25) is 0 Å². The number of hydrogen-bond donors (Lipinski definition) is 3. The number of thiazole rings is 1. The molecule has 3 amide bonds. The van der Waals surface area contributed by atoms with Gasteiger partial charge in [0.2, 0.25) is 17.7 Å². The van der Waals surface area contributed by atoms with Gasteiger partial charge in [-0.25, -0.2) is 13.8 Å². The number of aryl methyl sites for hydroxylation is 1. The summed E-state index contributed by atoms with van der Waals surface area (Å²) < 4.78 is 28.7. The van der Waals surface area contributed by atoms with Crippen LogP contribution in [0.15, 0.2) is 48.7 Å². The van der Waals surface area contributed by atoms with Gasteiger partial charge >= 0.3 is 0 Å². The van der Waals surface area contributed by atoms with Crippen LogP contribution in [0.1, 0.15) is 29.5 Å². The van der Waals surface area contributed by atoms with Crippen LogP contribution in [0.3, 0.4) is 0 Å². The minimum absolute atomic E-state index is 0.162. The normalized spacial score (nSPS) is 15.6. The van der Waals surface area contributed by atoms with Gasteiger partial charge in [-0.15, -0.1) is 11.3 Å². The molecule has 196 valence electrons. The lowest BCUT2D eigenvalue weighted by molar-refractivity contribution is -0.125. The molecule has 2 heterocycles. The molecule has 1 unspecified atom stereocenters. The molecule has 0 spiro atoms. The van der Waals surface area contributed by atoms with Crippen LogP contribution in [0.25, 0.3) is 16.2 Å². The maximum atomic E-state index is 13.3. The molecule has 0 fully saturated rings. The van der Waals surface area contributed by atoms with Crippen molar-refractivity contribution < 1.29 is 23.2 Å². The molecule has 1 aliphatic carbocycles. The number of aromatic nitrogens is 2. The number of hydrogen-bond acceptors (Lipinski definition) is 5. The van der Waals surface area contributed by atoms with Crippen LogP contribution in [-0.4, -0.2) is 33.1 Å². The van der Waals surface area contributed by atoms with Gasteiger partial charge in [0.1, 0.15) is 17.7 Å². The Kier molecular flexibility index (Phi) is 6.94. The molecule has 38 heavy (non-hydrogen) atoms. The molecule has 4 N–H and O–H groups in total. The summed E-state index contributed by atoms with van der Waals surface area (Å²) in [6.45, 7) is 1.52. The second-order valence-corrected chi connectivity index (χ2v) is 10.5. The van der Waals surface area contributed by atoms with E-state index in [2.05, 4.69) is 10.6 Å². The SMILES string of the molecule is C[C@H](NC(=O)Cc1cc(F)cc(F)c1)C(=O)Nc1ccc(-c2cn3c4c(sc3n2)CCC(C(N)=O)C4)cc1. The van der Waals surface area contributed by atoms with E-state index in [4.69, 9.17) is 10.7 Å². The first kappa shape index (κ1) is 25.5. The zero-order valence-corrected chi connectivity index (χ0v) is 21.3. The Balaban J connectivity index is 1.21. The number of amides is 3. The molecule has 11 heteroatoms. The lowest BCUT2D eigenvalue weighted by Crippen LogP contribution is -2.42. The van der Waals surface area contributed by atoms with Gasteiger partial charge in [0.25, 0.3) is 0 Å². The minimum Gasteiger partial charge on any atom is -0.369 e. The number of primary amides is 1. The average molecular weight is 538 g/mol. The first-order valence-corrected chi connectivity index (χ1v) is 12.9. The van der Waals surface area contributed by atoms with E-state index in [1.165, 1.54) is 11.8 Å². The summed E-state index contributed by atoms with van der Waals surface area (Å²) in [5.41, 5.74) is 8.96. The summed E-state index contributed by atoms with van der Waals surface area (Å²) in [5, 5.41) is 5.28. The smallest absolute Gasteiger partial charge is 0.246 e. The highest BCUT2D eigenvalue weighted by atomic mass is 32.1. The number of rotatable bonds is 7. The molecule has 4 aromatic rings. The molecule has 1 aliphatic rings. The fourth-order valence-corrected chi connectivity index (χ4v) is 5.74. The number of nitrogens with two attached hydrogens (primary N) is 1. The van der Waals surface area contributed by atoms with Crippen LogP contribution in [0, 0.1) is 17.6 Å². The summed E-state index contributed by atoms with van der Waals surface area (Å²) in [7, 11) is 0.